The van der Waals surface area contributed by atoms with Crippen molar-refractivity contribution in [1.82, 2.24) is 14.7 Å². The molecule has 4 aliphatic heterocycles. The third-order valence-electron chi connectivity index (χ3n) is 12.2. The summed E-state index contributed by atoms with van der Waals surface area (Å²) in [6.07, 6.45) is 7.55. The number of aryl methyl sites for hydroxylation is 1. The standard InChI is InChI=1S/C35H47FN4O4/c1-22-6-2-5-9-28(22)37-12-14-38(15-13-37)32-27(36)20-25-31-34(32)44-29-11-10-23-7-3-4-8-24(23)30(29)40(31)21-26(33(25)41)35(42)39-16-18-43-19-17-39/h2,5-6,9,21,23-25,27,29-32,34H,3-4,7-8,10-20H2,1H3. The third kappa shape index (κ3) is 4.80. The SMILES string of the molecule is Cc1ccccc1N1CCN(C2C(F)CC3C(=O)C(C(=O)N4CCOCC4)=CN4C5C(CCC6CCCCC65)OC2C34)CC1. The molecule has 9 heteroatoms. The Hall–Kier alpha value is -2.49. The van der Waals surface area contributed by atoms with Gasteiger partial charge in [0.1, 0.15) is 6.17 Å². The molecule has 8 nitrogen and oxygen atoms in total. The van der Waals surface area contributed by atoms with E-state index in [4.69, 9.17) is 9.47 Å². The van der Waals surface area contributed by atoms with Crippen LogP contribution in [0, 0.1) is 24.7 Å². The van der Waals surface area contributed by atoms with Crippen LogP contribution in [0.15, 0.2) is 36.0 Å². The molecule has 9 atom stereocenters. The maximum Gasteiger partial charge on any atom is 0.259 e. The van der Waals surface area contributed by atoms with Crippen molar-refractivity contribution in [3.8, 4) is 0 Å². The minimum Gasteiger partial charge on any atom is -0.378 e. The highest BCUT2D eigenvalue weighted by molar-refractivity contribution is 6.20. The lowest BCUT2D eigenvalue weighted by Crippen LogP contribution is -2.75. The number of ketones is 1. The second-order valence-electron chi connectivity index (χ2n) is 14.3. The number of piperazine rings is 1. The molecule has 0 spiro atoms. The van der Waals surface area contributed by atoms with E-state index in [-0.39, 0.29) is 47.9 Å². The largest absolute Gasteiger partial charge is 0.378 e. The summed E-state index contributed by atoms with van der Waals surface area (Å²) in [5.74, 6) is 0.200. The van der Waals surface area contributed by atoms with E-state index >= 15 is 4.39 Å². The van der Waals surface area contributed by atoms with Crippen molar-refractivity contribution in [1.29, 1.82) is 0 Å². The number of nitrogens with zero attached hydrogens (tertiary/aromatic N) is 4. The van der Waals surface area contributed by atoms with Crippen LogP contribution in [0.1, 0.15) is 50.5 Å². The highest BCUT2D eigenvalue weighted by Crippen LogP contribution is 2.52. The number of amides is 1. The number of fused-ring (bicyclic) bond motifs is 4. The Balaban J connectivity index is 1.11. The van der Waals surface area contributed by atoms with E-state index in [0.29, 0.717) is 38.1 Å². The van der Waals surface area contributed by atoms with Crippen molar-refractivity contribution >= 4 is 17.4 Å². The molecule has 8 rings (SSSR count). The summed E-state index contributed by atoms with van der Waals surface area (Å²) in [7, 11) is 0. The van der Waals surface area contributed by atoms with Crippen molar-refractivity contribution in [3.63, 3.8) is 0 Å². The molecular formula is C35H47FN4O4. The summed E-state index contributed by atoms with van der Waals surface area (Å²) in [5, 5.41) is 0. The van der Waals surface area contributed by atoms with E-state index in [9.17, 15) is 9.59 Å². The lowest BCUT2D eigenvalue weighted by atomic mass is 9.63. The molecule has 44 heavy (non-hydrogen) atoms. The van der Waals surface area contributed by atoms with E-state index < -0.39 is 18.2 Å². The minimum absolute atomic E-state index is 0.00139. The zero-order chi connectivity index (χ0) is 29.9. The fraction of sp³-hybridized carbons (Fsp3) is 0.714. The third-order valence-corrected chi connectivity index (χ3v) is 12.2. The second kappa shape index (κ2) is 11.7. The average Bonchev–Trinajstić information content (AvgIpc) is 3.06. The van der Waals surface area contributed by atoms with E-state index in [2.05, 4.69) is 45.9 Å². The number of hydrogen-bond donors (Lipinski definition) is 0. The van der Waals surface area contributed by atoms with Gasteiger partial charge in [0.15, 0.2) is 5.78 Å². The number of para-hydroxylation sites is 1. The molecule has 238 valence electrons. The summed E-state index contributed by atoms with van der Waals surface area (Å²) < 4.78 is 29.1. The Labute approximate surface area is 260 Å². The molecule has 1 amide bonds. The van der Waals surface area contributed by atoms with Crippen LogP contribution in [-0.2, 0) is 19.1 Å². The number of rotatable bonds is 3. The lowest BCUT2D eigenvalue weighted by Gasteiger charge is -2.63. The number of carbonyl (C=O) groups is 2. The van der Waals surface area contributed by atoms with Gasteiger partial charge in [-0.25, -0.2) is 4.39 Å². The van der Waals surface area contributed by atoms with Gasteiger partial charge in [0, 0.05) is 57.1 Å². The molecule has 0 radical (unpaired) electrons. The predicted octanol–water partition coefficient (Wildman–Crippen LogP) is 3.58. The summed E-state index contributed by atoms with van der Waals surface area (Å²) in [5.41, 5.74) is 2.76. The smallest absolute Gasteiger partial charge is 0.259 e. The topological polar surface area (TPSA) is 65.6 Å². The molecule has 0 aromatic heterocycles. The van der Waals surface area contributed by atoms with Gasteiger partial charge in [0.25, 0.3) is 5.91 Å². The first-order valence-corrected chi connectivity index (χ1v) is 17.2. The molecule has 1 aromatic carbocycles. The Kier molecular flexibility index (Phi) is 7.70. The Morgan fingerprint density at radius 3 is 2.48 bits per heavy atom. The van der Waals surface area contributed by atoms with Gasteiger partial charge >= 0.3 is 0 Å². The van der Waals surface area contributed by atoms with Crippen molar-refractivity contribution in [2.24, 2.45) is 17.8 Å². The Morgan fingerprint density at radius 2 is 1.68 bits per heavy atom. The van der Waals surface area contributed by atoms with Crippen molar-refractivity contribution in [2.45, 2.75) is 88.4 Å². The first-order valence-electron chi connectivity index (χ1n) is 17.2. The Morgan fingerprint density at radius 1 is 0.909 bits per heavy atom. The van der Waals surface area contributed by atoms with Gasteiger partial charge in [-0.1, -0.05) is 37.5 Å². The molecule has 9 unspecified atom stereocenters. The second-order valence-corrected chi connectivity index (χ2v) is 14.3. The quantitative estimate of drug-likeness (QED) is 0.488. The van der Waals surface area contributed by atoms with E-state index in [0.717, 1.165) is 45.4 Å². The first kappa shape index (κ1) is 28.9. The molecule has 4 heterocycles. The zero-order valence-corrected chi connectivity index (χ0v) is 26.0. The predicted molar refractivity (Wildman–Crippen MR) is 165 cm³/mol. The van der Waals surface area contributed by atoms with Crippen LogP contribution < -0.4 is 4.90 Å². The number of alkyl halides is 1. The van der Waals surface area contributed by atoms with E-state index in [1.165, 1.54) is 30.5 Å². The number of morpholine rings is 2. The number of hydrogen-bond acceptors (Lipinski definition) is 7. The molecule has 7 aliphatic rings. The summed E-state index contributed by atoms with van der Waals surface area (Å²) >= 11 is 0. The summed E-state index contributed by atoms with van der Waals surface area (Å²) in [4.78, 5) is 36.9. The van der Waals surface area contributed by atoms with Crippen LogP contribution in [0.2, 0.25) is 0 Å². The molecule has 3 saturated carbocycles. The molecule has 0 N–H and O–H groups in total. The average molecular weight is 607 g/mol. The van der Waals surface area contributed by atoms with Crippen LogP contribution in [-0.4, -0.2) is 115 Å². The summed E-state index contributed by atoms with van der Waals surface area (Å²) in [6, 6.07) is 8.01. The van der Waals surface area contributed by atoms with E-state index in [1.807, 2.05) is 6.20 Å². The van der Waals surface area contributed by atoms with Gasteiger partial charge in [-0.2, -0.15) is 0 Å². The highest BCUT2D eigenvalue weighted by Gasteiger charge is 2.61. The van der Waals surface area contributed by atoms with Gasteiger partial charge in [-0.3, -0.25) is 14.5 Å². The number of anilines is 1. The number of carbonyl (C=O) groups excluding carboxylic acids is 2. The van der Waals surface area contributed by atoms with Crippen LogP contribution in [0.4, 0.5) is 10.1 Å². The van der Waals surface area contributed by atoms with Crippen molar-refractivity contribution in [3.05, 3.63) is 41.6 Å². The highest BCUT2D eigenvalue weighted by atomic mass is 19.1. The normalized spacial score (nSPS) is 39.2. The van der Waals surface area contributed by atoms with Crippen LogP contribution in [0.5, 0.6) is 0 Å². The maximum absolute atomic E-state index is 16.6. The number of Topliss-reactive ketones (excluding diaryl/α,β-unsaturated/α-hetero) is 1. The Bertz CT molecular complexity index is 1290. The number of ether oxygens (including phenoxy) is 2. The first-order chi connectivity index (χ1) is 21.5. The fourth-order valence-electron chi connectivity index (χ4n) is 10.1. The van der Waals surface area contributed by atoms with Gasteiger partial charge in [0.2, 0.25) is 0 Å². The van der Waals surface area contributed by atoms with Crippen molar-refractivity contribution in [2.75, 3.05) is 57.4 Å². The lowest BCUT2D eigenvalue weighted by molar-refractivity contribution is -0.227. The molecule has 6 fully saturated rings. The molecule has 3 aliphatic carbocycles. The van der Waals surface area contributed by atoms with Crippen molar-refractivity contribution < 1.29 is 23.5 Å². The van der Waals surface area contributed by atoms with Crippen LogP contribution in [0.3, 0.4) is 0 Å². The molecular weight excluding hydrogens is 559 g/mol. The fourth-order valence-corrected chi connectivity index (χ4v) is 10.1. The molecule has 3 saturated heterocycles. The number of benzene rings is 1. The number of halogens is 1. The van der Waals surface area contributed by atoms with Crippen LogP contribution >= 0.6 is 0 Å². The molecule has 1 aromatic rings. The van der Waals surface area contributed by atoms with Crippen LogP contribution in [0.25, 0.3) is 0 Å². The van der Waals surface area contributed by atoms with Gasteiger partial charge in [-0.05, 0) is 56.1 Å². The van der Waals surface area contributed by atoms with Gasteiger partial charge < -0.3 is 24.2 Å². The molecule has 0 bridgehead atoms. The summed E-state index contributed by atoms with van der Waals surface area (Å²) in [6.45, 7) is 7.30. The zero-order valence-electron chi connectivity index (χ0n) is 26.0. The monoisotopic (exact) mass is 606 g/mol. The van der Waals surface area contributed by atoms with Gasteiger partial charge in [0.05, 0.1) is 49.1 Å². The minimum atomic E-state index is -1.18. The maximum atomic E-state index is 16.6. The van der Waals surface area contributed by atoms with Gasteiger partial charge in [-0.15, -0.1) is 0 Å². The van der Waals surface area contributed by atoms with E-state index in [1.54, 1.807) is 4.90 Å².